The molecule has 0 aliphatic heterocycles. The van der Waals surface area contributed by atoms with Crippen LogP contribution in [0.5, 0.6) is 0 Å². The normalized spacial score (nSPS) is 11.6. The molecule has 1 aromatic heterocycles. The van der Waals surface area contributed by atoms with Gasteiger partial charge in [-0.15, -0.1) is 11.3 Å². The van der Waals surface area contributed by atoms with Crippen molar-refractivity contribution in [3.63, 3.8) is 0 Å². The Bertz CT molecular complexity index is 496. The minimum Gasteiger partial charge on any atom is -0.370 e. The van der Waals surface area contributed by atoms with Crippen LogP contribution in [0.25, 0.3) is 0 Å². The van der Waals surface area contributed by atoms with Crippen LogP contribution >= 0.6 is 11.3 Å². The highest BCUT2D eigenvalue weighted by atomic mass is 32.2. The molecule has 1 rings (SSSR count). The largest absolute Gasteiger partial charge is 0.370 e. The lowest BCUT2D eigenvalue weighted by atomic mass is 10.2. The summed E-state index contributed by atoms with van der Waals surface area (Å²) in [6, 6.07) is 3.24. The molecular formula is C10H17N3O3S2. The molecule has 0 fully saturated rings. The number of hydrogen-bond donors (Lipinski definition) is 3. The first-order valence-corrected chi connectivity index (χ1v) is 7.82. The van der Waals surface area contributed by atoms with Crippen molar-refractivity contribution in [2.75, 3.05) is 6.54 Å². The second-order valence-electron chi connectivity index (χ2n) is 3.75. The summed E-state index contributed by atoms with van der Waals surface area (Å²) in [7, 11) is -3.45. The molecule has 0 atom stereocenters. The van der Waals surface area contributed by atoms with E-state index in [4.69, 9.17) is 11.5 Å². The maximum absolute atomic E-state index is 11.8. The molecule has 0 unspecified atom stereocenters. The van der Waals surface area contributed by atoms with Crippen LogP contribution in [0.4, 0.5) is 0 Å². The van der Waals surface area contributed by atoms with Crippen molar-refractivity contribution in [1.82, 2.24) is 4.72 Å². The number of unbranched alkanes of at least 4 members (excludes halogenated alkanes) is 1. The predicted octanol–water partition coefficient (Wildman–Crippen LogP) is 0.141. The van der Waals surface area contributed by atoms with Crippen LogP contribution in [0.3, 0.4) is 0 Å². The summed E-state index contributed by atoms with van der Waals surface area (Å²) in [5.41, 5.74) is 10.4. The Hall–Kier alpha value is -0.960. The molecule has 6 nitrogen and oxygen atoms in total. The zero-order valence-corrected chi connectivity index (χ0v) is 11.5. The van der Waals surface area contributed by atoms with E-state index in [1.54, 1.807) is 12.1 Å². The Balaban J connectivity index is 2.42. The van der Waals surface area contributed by atoms with Crippen molar-refractivity contribution >= 4 is 27.3 Å². The van der Waals surface area contributed by atoms with Gasteiger partial charge in [0.15, 0.2) is 0 Å². The molecule has 1 aromatic rings. The lowest BCUT2D eigenvalue weighted by molar-refractivity contribution is -0.118. The maximum Gasteiger partial charge on any atom is 0.250 e. The number of amides is 1. The minimum atomic E-state index is -3.45. The molecule has 0 saturated carbocycles. The molecule has 0 aliphatic rings. The number of carbonyl (C=O) groups is 1. The first-order valence-electron chi connectivity index (χ1n) is 5.52. The van der Waals surface area contributed by atoms with Crippen LogP contribution in [0.15, 0.2) is 16.3 Å². The van der Waals surface area contributed by atoms with Crippen LogP contribution < -0.4 is 16.2 Å². The van der Waals surface area contributed by atoms with Gasteiger partial charge in [-0.25, -0.2) is 13.1 Å². The van der Waals surface area contributed by atoms with Crippen molar-refractivity contribution in [3.05, 3.63) is 17.0 Å². The van der Waals surface area contributed by atoms with Gasteiger partial charge in [0.25, 0.3) is 0 Å². The Labute approximate surface area is 110 Å². The summed E-state index contributed by atoms with van der Waals surface area (Å²) in [6.07, 6.45) is 1.44. The molecule has 0 spiro atoms. The third kappa shape index (κ3) is 4.73. The second-order valence-corrected chi connectivity index (χ2v) is 6.91. The van der Waals surface area contributed by atoms with Crippen LogP contribution in [0.1, 0.15) is 24.1 Å². The van der Waals surface area contributed by atoms with Gasteiger partial charge >= 0.3 is 0 Å². The Kier molecular flexibility index (Phi) is 5.73. The number of carbonyl (C=O) groups excluding carboxylic acids is 1. The summed E-state index contributed by atoms with van der Waals surface area (Å²) < 4.78 is 26.4. The van der Waals surface area contributed by atoms with E-state index in [9.17, 15) is 13.2 Å². The van der Waals surface area contributed by atoms with Gasteiger partial charge in [-0.3, -0.25) is 4.79 Å². The number of thiophene rings is 1. The van der Waals surface area contributed by atoms with Crippen LogP contribution in [0, 0.1) is 0 Å². The van der Waals surface area contributed by atoms with E-state index in [0.717, 1.165) is 16.2 Å². The topological polar surface area (TPSA) is 115 Å². The molecule has 0 aromatic carbocycles. The van der Waals surface area contributed by atoms with Crippen LogP contribution in [0.2, 0.25) is 0 Å². The molecule has 18 heavy (non-hydrogen) atoms. The maximum atomic E-state index is 11.8. The third-order valence-corrected chi connectivity index (χ3v) is 5.31. The molecule has 0 bridgehead atoms. The minimum absolute atomic E-state index is 0.262. The fraction of sp³-hybridized carbons (Fsp3) is 0.500. The molecule has 1 amide bonds. The summed E-state index contributed by atoms with van der Waals surface area (Å²) in [5.74, 6) is -0.372. The van der Waals surface area contributed by atoms with E-state index in [1.165, 1.54) is 0 Å². The second kappa shape index (κ2) is 6.83. The summed E-state index contributed by atoms with van der Waals surface area (Å²) in [6.45, 7) is 0.629. The smallest absolute Gasteiger partial charge is 0.250 e. The molecule has 0 aliphatic carbocycles. The van der Waals surface area contributed by atoms with Crippen molar-refractivity contribution in [1.29, 1.82) is 0 Å². The standard InChI is InChI=1S/C10H17N3O3S2/c11-7-8-4-5-10(17-8)18(15,16)13-6-2-1-3-9(12)14/h4-5,13H,1-3,6-7,11H2,(H2,12,14). The van der Waals surface area contributed by atoms with Gasteiger partial charge in [-0.2, -0.15) is 0 Å². The Morgan fingerprint density at radius 1 is 1.33 bits per heavy atom. The zero-order chi connectivity index (χ0) is 13.6. The third-order valence-electron chi connectivity index (χ3n) is 2.25. The average molecular weight is 291 g/mol. The molecule has 0 radical (unpaired) electrons. The van der Waals surface area contributed by atoms with Crippen molar-refractivity contribution < 1.29 is 13.2 Å². The lowest BCUT2D eigenvalue weighted by Gasteiger charge is -2.03. The number of nitrogens with one attached hydrogen (secondary N) is 1. The van der Waals surface area contributed by atoms with Crippen molar-refractivity contribution in [2.45, 2.75) is 30.0 Å². The van der Waals surface area contributed by atoms with E-state index < -0.39 is 10.0 Å². The van der Waals surface area contributed by atoms with Crippen LogP contribution in [-0.4, -0.2) is 20.9 Å². The van der Waals surface area contributed by atoms with E-state index >= 15 is 0 Å². The SMILES string of the molecule is NCc1ccc(S(=O)(=O)NCCCCC(N)=O)s1. The fourth-order valence-corrected chi connectivity index (χ4v) is 3.67. The monoisotopic (exact) mass is 291 g/mol. The first-order chi connectivity index (χ1) is 8.45. The highest BCUT2D eigenvalue weighted by molar-refractivity contribution is 7.91. The number of sulfonamides is 1. The first kappa shape index (κ1) is 15.1. The number of primary amides is 1. The number of nitrogens with two attached hydrogens (primary N) is 2. The lowest BCUT2D eigenvalue weighted by Crippen LogP contribution is -2.24. The van der Waals surface area contributed by atoms with Crippen molar-refractivity contribution in [3.8, 4) is 0 Å². The van der Waals surface area contributed by atoms with Gasteiger partial charge in [0, 0.05) is 24.4 Å². The molecule has 102 valence electrons. The highest BCUT2D eigenvalue weighted by Gasteiger charge is 2.15. The quantitative estimate of drug-likeness (QED) is 0.591. The summed E-state index contributed by atoms with van der Waals surface area (Å²) in [4.78, 5) is 11.3. The van der Waals surface area contributed by atoms with E-state index in [-0.39, 0.29) is 16.5 Å². The van der Waals surface area contributed by atoms with Crippen LogP contribution in [-0.2, 0) is 21.4 Å². The molecule has 1 heterocycles. The number of rotatable bonds is 8. The summed E-state index contributed by atoms with van der Waals surface area (Å²) in [5, 5.41) is 0. The number of hydrogen-bond acceptors (Lipinski definition) is 5. The predicted molar refractivity (Wildman–Crippen MR) is 70.4 cm³/mol. The Morgan fingerprint density at radius 3 is 2.61 bits per heavy atom. The molecule has 8 heteroatoms. The Morgan fingerprint density at radius 2 is 2.06 bits per heavy atom. The fourth-order valence-electron chi connectivity index (χ4n) is 1.31. The van der Waals surface area contributed by atoms with Gasteiger partial charge in [0.05, 0.1) is 0 Å². The van der Waals surface area contributed by atoms with Gasteiger partial charge < -0.3 is 11.5 Å². The highest BCUT2D eigenvalue weighted by Crippen LogP contribution is 2.20. The van der Waals surface area contributed by atoms with E-state index in [1.807, 2.05) is 0 Å². The van der Waals surface area contributed by atoms with Gasteiger partial charge in [-0.05, 0) is 25.0 Å². The van der Waals surface area contributed by atoms with E-state index in [2.05, 4.69) is 4.72 Å². The van der Waals surface area contributed by atoms with Gasteiger partial charge in [0.2, 0.25) is 15.9 Å². The molecule has 5 N–H and O–H groups in total. The van der Waals surface area contributed by atoms with Crippen molar-refractivity contribution in [2.24, 2.45) is 11.5 Å². The average Bonchev–Trinajstić information content (AvgIpc) is 2.77. The van der Waals surface area contributed by atoms with E-state index in [0.29, 0.717) is 25.9 Å². The summed E-state index contributed by atoms with van der Waals surface area (Å²) >= 11 is 1.16. The zero-order valence-electron chi connectivity index (χ0n) is 9.89. The molecule has 0 saturated heterocycles. The van der Waals surface area contributed by atoms with Gasteiger partial charge in [-0.1, -0.05) is 0 Å². The van der Waals surface area contributed by atoms with Gasteiger partial charge in [0.1, 0.15) is 4.21 Å². The molecular weight excluding hydrogens is 274 g/mol.